The highest BCUT2D eigenvalue weighted by Gasteiger charge is 2.46. The molecule has 0 spiro atoms. The van der Waals surface area contributed by atoms with Crippen molar-refractivity contribution in [3.05, 3.63) is 61.7 Å². The predicted molar refractivity (Wildman–Crippen MR) is 133 cm³/mol. The van der Waals surface area contributed by atoms with Crippen LogP contribution in [0.4, 0.5) is 4.39 Å². The number of nitrogens with two attached hydrogens (primary N) is 1. The highest BCUT2D eigenvalue weighted by atomic mass is 19.1. The molecule has 0 unspecified atom stereocenters. The molecule has 1 amide bonds. The third-order valence-corrected chi connectivity index (χ3v) is 8.06. The smallest absolute Gasteiger partial charge is 0.343 e. The quantitative estimate of drug-likeness (QED) is 0.265. The van der Waals surface area contributed by atoms with Gasteiger partial charge in [-0.25, -0.2) is 14.2 Å². The van der Waals surface area contributed by atoms with Gasteiger partial charge in [-0.2, -0.15) is 0 Å². The Labute approximate surface area is 216 Å². The first-order valence-electron chi connectivity index (χ1n) is 12.6. The average molecular weight is 523 g/mol. The molecular formula is C27H27FN4O6. The van der Waals surface area contributed by atoms with E-state index in [1.807, 2.05) is 0 Å². The van der Waals surface area contributed by atoms with E-state index in [2.05, 4.69) is 5.32 Å². The maximum Gasteiger partial charge on any atom is 0.343 e. The fourth-order valence-corrected chi connectivity index (χ4v) is 6.09. The summed E-state index contributed by atoms with van der Waals surface area (Å²) in [6, 6.07) is 2.57. The SMILES string of the molecule is CC[C@@]1(O)C(=O)OCc2c1cc1n(c2=O)Cc2c-1nc1cc(F)c(C)c3c1c2[C@@H](NC(=O)COCN)CC3. The van der Waals surface area contributed by atoms with Gasteiger partial charge >= 0.3 is 5.97 Å². The lowest BCUT2D eigenvalue weighted by Gasteiger charge is -2.31. The topological polar surface area (TPSA) is 146 Å². The van der Waals surface area contributed by atoms with Crippen LogP contribution in [-0.2, 0) is 44.2 Å². The predicted octanol–water partition coefficient (Wildman–Crippen LogP) is 1.56. The average Bonchev–Trinajstić information content (AvgIpc) is 3.27. The Hall–Kier alpha value is -3.67. The zero-order chi connectivity index (χ0) is 26.9. The number of benzene rings is 1. The van der Waals surface area contributed by atoms with Gasteiger partial charge in [0, 0.05) is 22.6 Å². The molecule has 2 atom stereocenters. The van der Waals surface area contributed by atoms with Crippen LogP contribution in [0.25, 0.3) is 22.3 Å². The number of fused-ring (bicyclic) bond motifs is 5. The van der Waals surface area contributed by atoms with E-state index in [9.17, 15) is 23.9 Å². The number of aryl methyl sites for hydroxylation is 1. The van der Waals surface area contributed by atoms with E-state index in [0.717, 1.165) is 22.1 Å². The first kappa shape index (κ1) is 24.7. The molecule has 0 bridgehead atoms. The van der Waals surface area contributed by atoms with Crippen LogP contribution in [0.2, 0.25) is 0 Å². The van der Waals surface area contributed by atoms with Gasteiger partial charge in [0.15, 0.2) is 5.60 Å². The summed E-state index contributed by atoms with van der Waals surface area (Å²) in [5.74, 6) is -1.52. The highest BCUT2D eigenvalue weighted by molar-refractivity contribution is 5.94. The monoisotopic (exact) mass is 522 g/mol. The number of ether oxygens (including phenoxy) is 2. The summed E-state index contributed by atoms with van der Waals surface area (Å²) >= 11 is 0. The van der Waals surface area contributed by atoms with Gasteiger partial charge in [-0.3, -0.25) is 9.59 Å². The molecule has 2 aliphatic heterocycles. The van der Waals surface area contributed by atoms with E-state index >= 15 is 0 Å². The Balaban J connectivity index is 1.60. The minimum Gasteiger partial charge on any atom is -0.458 e. The first-order valence-corrected chi connectivity index (χ1v) is 12.6. The molecule has 198 valence electrons. The zero-order valence-electron chi connectivity index (χ0n) is 21.0. The molecule has 0 radical (unpaired) electrons. The maximum atomic E-state index is 14.9. The number of amides is 1. The van der Waals surface area contributed by atoms with Gasteiger partial charge in [-0.05, 0) is 48.9 Å². The number of aromatic nitrogens is 2. The molecule has 6 rings (SSSR count). The second kappa shape index (κ2) is 8.69. The Bertz CT molecular complexity index is 1620. The number of esters is 1. The minimum absolute atomic E-state index is 0.0256. The zero-order valence-corrected chi connectivity index (χ0v) is 21.0. The summed E-state index contributed by atoms with van der Waals surface area (Å²) < 4.78 is 26.7. The minimum atomic E-state index is -1.95. The number of rotatable bonds is 5. The molecule has 1 aliphatic carbocycles. The maximum absolute atomic E-state index is 14.9. The van der Waals surface area contributed by atoms with Crippen molar-refractivity contribution < 1.29 is 28.6 Å². The number of hydrogen-bond acceptors (Lipinski definition) is 8. The molecule has 3 aromatic rings. The van der Waals surface area contributed by atoms with E-state index in [4.69, 9.17) is 20.2 Å². The number of nitrogens with one attached hydrogen (secondary N) is 1. The first-order chi connectivity index (χ1) is 18.2. The molecule has 2 aromatic heterocycles. The number of nitrogens with zero attached hydrogens (tertiary/aromatic N) is 2. The van der Waals surface area contributed by atoms with Crippen molar-refractivity contribution in [3.8, 4) is 11.4 Å². The van der Waals surface area contributed by atoms with Gasteiger partial charge < -0.3 is 30.2 Å². The van der Waals surface area contributed by atoms with Crippen LogP contribution in [0.1, 0.15) is 59.2 Å². The summed E-state index contributed by atoms with van der Waals surface area (Å²) in [7, 11) is 0. The van der Waals surface area contributed by atoms with Crippen molar-refractivity contribution in [2.45, 2.75) is 57.9 Å². The summed E-state index contributed by atoms with van der Waals surface area (Å²) in [5, 5.41) is 14.9. The van der Waals surface area contributed by atoms with Crippen molar-refractivity contribution in [1.82, 2.24) is 14.9 Å². The molecule has 10 nitrogen and oxygen atoms in total. The van der Waals surface area contributed by atoms with Gasteiger partial charge in [-0.15, -0.1) is 0 Å². The number of aliphatic hydroxyl groups is 1. The number of cyclic esters (lactones) is 1. The van der Waals surface area contributed by atoms with Gasteiger partial charge in [0.05, 0.1) is 41.8 Å². The number of halogens is 1. The van der Waals surface area contributed by atoms with Crippen molar-refractivity contribution in [2.24, 2.45) is 5.73 Å². The number of carbonyl (C=O) groups excluding carboxylic acids is 2. The van der Waals surface area contributed by atoms with Crippen LogP contribution in [0.5, 0.6) is 0 Å². The van der Waals surface area contributed by atoms with Crippen LogP contribution >= 0.6 is 0 Å². The second-order valence-corrected chi connectivity index (χ2v) is 9.99. The Morgan fingerprint density at radius 3 is 2.87 bits per heavy atom. The van der Waals surface area contributed by atoms with E-state index in [1.54, 1.807) is 19.9 Å². The molecule has 1 aromatic carbocycles. The fraction of sp³-hybridized carbons (Fsp3) is 0.407. The van der Waals surface area contributed by atoms with Crippen molar-refractivity contribution in [1.29, 1.82) is 0 Å². The van der Waals surface area contributed by atoms with E-state index in [-0.39, 0.29) is 61.3 Å². The molecule has 0 fully saturated rings. The summed E-state index contributed by atoms with van der Waals surface area (Å²) in [5.41, 5.74) is 7.63. The van der Waals surface area contributed by atoms with E-state index < -0.39 is 17.6 Å². The van der Waals surface area contributed by atoms with Crippen LogP contribution in [-0.4, -0.2) is 39.9 Å². The molecule has 0 saturated heterocycles. The Kier molecular flexibility index (Phi) is 5.64. The highest BCUT2D eigenvalue weighted by Crippen LogP contribution is 2.45. The van der Waals surface area contributed by atoms with Crippen LogP contribution in [0.15, 0.2) is 16.9 Å². The molecule has 4 N–H and O–H groups in total. The van der Waals surface area contributed by atoms with Crippen LogP contribution in [0.3, 0.4) is 0 Å². The standard InChI is InChI=1S/C27H27FN4O6/c1-3-27(36)16-6-20-24-14(8-32(20)25(34)15(16)9-38-26(27)35)23-18(30-21(33)10-37-11-29)5-4-13-12(2)17(28)7-19(31-24)22(13)23/h6-7,18,36H,3-5,8-11,29H2,1-2H3,(H,30,33)/t18-,27-/m0/s1. The third-order valence-electron chi connectivity index (χ3n) is 8.06. The fourth-order valence-electron chi connectivity index (χ4n) is 6.09. The lowest BCUT2D eigenvalue weighted by atomic mass is 9.81. The van der Waals surface area contributed by atoms with Crippen molar-refractivity contribution in [3.63, 3.8) is 0 Å². The summed E-state index contributed by atoms with van der Waals surface area (Å²) in [4.78, 5) is 43.5. The second-order valence-electron chi connectivity index (χ2n) is 9.99. The molecule has 4 heterocycles. The van der Waals surface area contributed by atoms with Gasteiger partial charge in [-0.1, -0.05) is 6.92 Å². The lowest BCUT2D eigenvalue weighted by molar-refractivity contribution is -0.172. The van der Waals surface area contributed by atoms with Gasteiger partial charge in [0.1, 0.15) is 19.0 Å². The molecule has 11 heteroatoms. The van der Waals surface area contributed by atoms with Crippen LogP contribution in [0, 0.1) is 12.7 Å². The van der Waals surface area contributed by atoms with E-state index in [1.165, 1.54) is 10.6 Å². The van der Waals surface area contributed by atoms with Gasteiger partial charge in [0.2, 0.25) is 5.91 Å². The van der Waals surface area contributed by atoms with Crippen molar-refractivity contribution >= 4 is 22.8 Å². The molecule has 0 saturated carbocycles. The third kappa shape index (κ3) is 3.35. The largest absolute Gasteiger partial charge is 0.458 e. The molecule has 38 heavy (non-hydrogen) atoms. The van der Waals surface area contributed by atoms with Crippen molar-refractivity contribution in [2.75, 3.05) is 13.3 Å². The Morgan fingerprint density at radius 2 is 2.13 bits per heavy atom. The van der Waals surface area contributed by atoms with Crippen LogP contribution < -0.4 is 16.6 Å². The molecule has 3 aliphatic rings. The number of pyridine rings is 2. The van der Waals surface area contributed by atoms with E-state index in [0.29, 0.717) is 35.3 Å². The Morgan fingerprint density at radius 1 is 1.34 bits per heavy atom. The van der Waals surface area contributed by atoms with Gasteiger partial charge in [0.25, 0.3) is 5.56 Å². The normalized spacial score (nSPS) is 21.1. The molecular weight excluding hydrogens is 495 g/mol. The summed E-state index contributed by atoms with van der Waals surface area (Å²) in [6.45, 7) is 3.02. The lowest BCUT2D eigenvalue weighted by Crippen LogP contribution is -2.44. The summed E-state index contributed by atoms with van der Waals surface area (Å²) in [6.07, 6.45) is 1.09. The number of hydrogen-bond donors (Lipinski definition) is 3. The number of carbonyl (C=O) groups is 2.